The van der Waals surface area contributed by atoms with Crippen LogP contribution in [-0.2, 0) is 11.3 Å². The molecule has 1 amide bonds. The smallest absolute Gasteiger partial charge is 0.271 e. The Kier molecular flexibility index (Phi) is 3.94. The minimum atomic E-state index is -0.168. The Morgan fingerprint density at radius 2 is 2.18 bits per heavy atom. The van der Waals surface area contributed by atoms with Crippen molar-refractivity contribution in [2.45, 2.75) is 32.9 Å². The monoisotopic (exact) mass is 315 g/mol. The van der Waals surface area contributed by atoms with E-state index in [9.17, 15) is 9.59 Å². The number of fused-ring (bicyclic) bond motifs is 3. The molecule has 3 aromatic rings. The molecule has 22 heavy (non-hydrogen) atoms. The van der Waals surface area contributed by atoms with Crippen molar-refractivity contribution in [3.8, 4) is 0 Å². The van der Waals surface area contributed by atoms with E-state index in [0.717, 1.165) is 16.5 Å². The Morgan fingerprint density at radius 1 is 1.41 bits per heavy atom. The zero-order valence-corrected chi connectivity index (χ0v) is 13.3. The van der Waals surface area contributed by atoms with Gasteiger partial charge in [-0.1, -0.05) is 25.1 Å². The molecule has 0 radical (unpaired) electrons. The first-order valence-corrected chi connectivity index (χ1v) is 8.08. The molecule has 3 rings (SSSR count). The van der Waals surface area contributed by atoms with Crippen LogP contribution in [0, 0.1) is 0 Å². The van der Waals surface area contributed by atoms with Crippen LogP contribution in [-0.4, -0.2) is 21.5 Å². The number of carbonyl (C=O) groups excluding carboxylic acids is 1. The average molecular weight is 315 g/mol. The van der Waals surface area contributed by atoms with Crippen LogP contribution in [0.25, 0.3) is 20.3 Å². The highest BCUT2D eigenvalue weighted by atomic mass is 32.1. The Labute approximate surface area is 131 Å². The first-order chi connectivity index (χ1) is 10.6. The summed E-state index contributed by atoms with van der Waals surface area (Å²) in [5, 5.41) is 3.84. The molecule has 2 heterocycles. The Balaban J connectivity index is 1.98. The van der Waals surface area contributed by atoms with Crippen LogP contribution in [0.4, 0.5) is 0 Å². The highest BCUT2D eigenvalue weighted by molar-refractivity contribution is 7.25. The predicted octanol–water partition coefficient (Wildman–Crippen LogP) is 2.53. The summed E-state index contributed by atoms with van der Waals surface area (Å²) in [5.74, 6) is -0.168. The van der Waals surface area contributed by atoms with Gasteiger partial charge in [0.05, 0.1) is 11.8 Å². The molecule has 0 fully saturated rings. The number of nitrogens with one attached hydrogen (secondary N) is 1. The highest BCUT2D eigenvalue weighted by Crippen LogP contribution is 2.29. The SMILES string of the molecule is CC[C@H](C)NC(=O)Cn1cnc2c(sc3ccccc32)c1=O. The van der Waals surface area contributed by atoms with Gasteiger partial charge in [0, 0.05) is 16.1 Å². The molecule has 114 valence electrons. The Morgan fingerprint density at radius 3 is 2.95 bits per heavy atom. The minimum absolute atomic E-state index is 0.000356. The summed E-state index contributed by atoms with van der Waals surface area (Å²) in [6.07, 6.45) is 2.31. The van der Waals surface area contributed by atoms with Crippen LogP contribution < -0.4 is 10.9 Å². The summed E-state index contributed by atoms with van der Waals surface area (Å²) in [5.41, 5.74) is 0.551. The zero-order chi connectivity index (χ0) is 15.7. The minimum Gasteiger partial charge on any atom is -0.352 e. The van der Waals surface area contributed by atoms with Crippen molar-refractivity contribution in [2.24, 2.45) is 0 Å². The largest absolute Gasteiger partial charge is 0.352 e. The van der Waals surface area contributed by atoms with Crippen LogP contribution in [0.1, 0.15) is 20.3 Å². The van der Waals surface area contributed by atoms with E-state index in [4.69, 9.17) is 0 Å². The van der Waals surface area contributed by atoms with Crippen molar-refractivity contribution in [1.82, 2.24) is 14.9 Å². The summed E-state index contributed by atoms with van der Waals surface area (Å²) < 4.78 is 3.00. The van der Waals surface area contributed by atoms with Gasteiger partial charge in [0.2, 0.25) is 5.91 Å². The van der Waals surface area contributed by atoms with E-state index in [1.807, 2.05) is 38.1 Å². The number of amides is 1. The number of rotatable bonds is 4. The van der Waals surface area contributed by atoms with E-state index in [1.54, 1.807) is 0 Å². The predicted molar refractivity (Wildman–Crippen MR) is 89.3 cm³/mol. The van der Waals surface area contributed by atoms with Crippen molar-refractivity contribution in [2.75, 3.05) is 0 Å². The van der Waals surface area contributed by atoms with Gasteiger partial charge in [-0.3, -0.25) is 14.2 Å². The molecule has 0 saturated heterocycles. The fraction of sp³-hybridized carbons (Fsp3) is 0.312. The summed E-state index contributed by atoms with van der Waals surface area (Å²) in [6, 6.07) is 7.91. The standard InChI is InChI=1S/C16H17N3O2S/c1-3-10(2)18-13(20)8-19-9-17-14-11-6-4-5-7-12(11)22-15(14)16(19)21/h4-7,9-10H,3,8H2,1-2H3,(H,18,20)/t10-/m0/s1. The lowest BCUT2D eigenvalue weighted by atomic mass is 10.2. The van der Waals surface area contributed by atoms with E-state index < -0.39 is 0 Å². The average Bonchev–Trinajstić information content (AvgIpc) is 2.89. The molecule has 2 aromatic heterocycles. The third-order valence-electron chi connectivity index (χ3n) is 3.68. The Bertz CT molecular complexity index is 897. The maximum atomic E-state index is 12.5. The van der Waals surface area contributed by atoms with E-state index in [-0.39, 0.29) is 24.1 Å². The summed E-state index contributed by atoms with van der Waals surface area (Å²) in [4.78, 5) is 28.9. The summed E-state index contributed by atoms with van der Waals surface area (Å²) >= 11 is 1.42. The van der Waals surface area contributed by atoms with Gasteiger partial charge in [0.15, 0.2) is 0 Å². The first kappa shape index (κ1) is 14.7. The van der Waals surface area contributed by atoms with Crippen molar-refractivity contribution in [3.63, 3.8) is 0 Å². The van der Waals surface area contributed by atoms with E-state index >= 15 is 0 Å². The maximum absolute atomic E-state index is 12.5. The third kappa shape index (κ3) is 2.62. The van der Waals surface area contributed by atoms with Gasteiger partial charge < -0.3 is 5.32 Å². The van der Waals surface area contributed by atoms with Crippen molar-refractivity contribution < 1.29 is 4.79 Å². The van der Waals surface area contributed by atoms with Crippen molar-refractivity contribution in [3.05, 3.63) is 40.9 Å². The number of nitrogens with zero attached hydrogens (tertiary/aromatic N) is 2. The molecule has 0 unspecified atom stereocenters. The van der Waals surface area contributed by atoms with E-state index in [2.05, 4.69) is 10.3 Å². The van der Waals surface area contributed by atoms with Gasteiger partial charge in [0.1, 0.15) is 11.2 Å². The van der Waals surface area contributed by atoms with Crippen molar-refractivity contribution in [1.29, 1.82) is 0 Å². The van der Waals surface area contributed by atoms with Crippen molar-refractivity contribution >= 4 is 37.5 Å². The summed E-state index contributed by atoms with van der Waals surface area (Å²) in [7, 11) is 0. The molecular weight excluding hydrogens is 298 g/mol. The van der Waals surface area contributed by atoms with Crippen LogP contribution >= 0.6 is 11.3 Å². The first-order valence-electron chi connectivity index (χ1n) is 7.26. The number of benzene rings is 1. The van der Waals surface area contributed by atoms with Crippen LogP contribution in [0.3, 0.4) is 0 Å². The third-order valence-corrected chi connectivity index (χ3v) is 4.83. The second kappa shape index (κ2) is 5.88. The molecule has 0 aliphatic heterocycles. The molecule has 0 bridgehead atoms. The highest BCUT2D eigenvalue weighted by Gasteiger charge is 2.13. The molecular formula is C16H17N3O2S. The van der Waals surface area contributed by atoms with E-state index in [1.165, 1.54) is 22.2 Å². The fourth-order valence-corrected chi connectivity index (χ4v) is 3.41. The number of aromatic nitrogens is 2. The molecule has 0 aliphatic rings. The summed E-state index contributed by atoms with van der Waals surface area (Å²) in [6.45, 7) is 3.94. The maximum Gasteiger partial charge on any atom is 0.271 e. The Hall–Kier alpha value is -2.21. The normalized spacial score (nSPS) is 12.6. The molecule has 1 N–H and O–H groups in total. The number of thiophene rings is 1. The molecule has 1 aromatic carbocycles. The van der Waals surface area contributed by atoms with Gasteiger partial charge in [0.25, 0.3) is 5.56 Å². The van der Waals surface area contributed by atoms with Gasteiger partial charge in [-0.05, 0) is 19.4 Å². The van der Waals surface area contributed by atoms with Crippen LogP contribution in [0.5, 0.6) is 0 Å². The molecule has 0 spiro atoms. The van der Waals surface area contributed by atoms with Gasteiger partial charge in [-0.15, -0.1) is 11.3 Å². The molecule has 0 aliphatic carbocycles. The fourth-order valence-electron chi connectivity index (χ4n) is 2.31. The quantitative estimate of drug-likeness (QED) is 0.804. The van der Waals surface area contributed by atoms with E-state index in [0.29, 0.717) is 10.2 Å². The van der Waals surface area contributed by atoms with Crippen LogP contribution in [0.2, 0.25) is 0 Å². The topological polar surface area (TPSA) is 64.0 Å². The number of hydrogen-bond acceptors (Lipinski definition) is 4. The molecule has 0 saturated carbocycles. The molecule has 1 atom stereocenters. The second-order valence-electron chi connectivity index (χ2n) is 5.33. The number of hydrogen-bond donors (Lipinski definition) is 1. The van der Waals surface area contributed by atoms with Gasteiger partial charge in [-0.25, -0.2) is 4.98 Å². The lowest BCUT2D eigenvalue weighted by Crippen LogP contribution is -2.37. The lowest BCUT2D eigenvalue weighted by molar-refractivity contribution is -0.122. The van der Waals surface area contributed by atoms with Crippen LogP contribution in [0.15, 0.2) is 35.4 Å². The second-order valence-corrected chi connectivity index (χ2v) is 6.38. The zero-order valence-electron chi connectivity index (χ0n) is 12.5. The van der Waals surface area contributed by atoms with Gasteiger partial charge >= 0.3 is 0 Å². The molecule has 6 heteroatoms. The van der Waals surface area contributed by atoms with Gasteiger partial charge in [-0.2, -0.15) is 0 Å². The lowest BCUT2D eigenvalue weighted by Gasteiger charge is -2.11. The number of carbonyl (C=O) groups is 1. The molecule has 5 nitrogen and oxygen atoms in total.